The van der Waals surface area contributed by atoms with Gasteiger partial charge in [0, 0.05) is 22.9 Å². The zero-order valence-corrected chi connectivity index (χ0v) is 17.3. The molecule has 2 heterocycles. The molecular formula is C25H22N2O2S. The number of nitrogens with zero attached hydrogens (tertiary/aromatic N) is 2. The molecule has 2 aliphatic rings. The minimum Gasteiger partial charge on any atom is -0.287 e. The van der Waals surface area contributed by atoms with Gasteiger partial charge >= 0.3 is 0 Å². The highest BCUT2D eigenvalue weighted by atomic mass is 32.2. The van der Waals surface area contributed by atoms with E-state index < -0.39 is 0 Å². The summed E-state index contributed by atoms with van der Waals surface area (Å²) in [5, 5.41) is 0. The van der Waals surface area contributed by atoms with E-state index >= 15 is 0 Å². The summed E-state index contributed by atoms with van der Waals surface area (Å²) in [5.41, 5.74) is 3.27. The van der Waals surface area contributed by atoms with Crippen LogP contribution in [0.1, 0.15) is 17.5 Å². The van der Waals surface area contributed by atoms with E-state index in [9.17, 15) is 9.59 Å². The molecule has 1 saturated heterocycles. The molecule has 2 amide bonds. The molecule has 2 aliphatic heterocycles. The molecule has 0 unspecified atom stereocenters. The molecule has 0 saturated carbocycles. The second kappa shape index (κ2) is 8.09. The van der Waals surface area contributed by atoms with Gasteiger partial charge in [0.25, 0.3) is 5.91 Å². The fourth-order valence-electron chi connectivity index (χ4n) is 4.28. The topological polar surface area (TPSA) is 40.6 Å². The second-order valence-corrected chi connectivity index (χ2v) is 8.77. The lowest BCUT2D eigenvalue weighted by Crippen LogP contribution is -2.44. The highest BCUT2D eigenvalue weighted by molar-refractivity contribution is 7.99. The minimum atomic E-state index is -0.388. The number of carbonyl (C=O) groups excluding carboxylic acids is 2. The van der Waals surface area contributed by atoms with Gasteiger partial charge in [-0.3, -0.25) is 14.5 Å². The molecule has 5 rings (SSSR count). The van der Waals surface area contributed by atoms with E-state index in [1.54, 1.807) is 11.8 Å². The van der Waals surface area contributed by atoms with E-state index in [0.717, 1.165) is 22.8 Å². The second-order valence-electron chi connectivity index (χ2n) is 7.66. The normalized spacial score (nSPS) is 19.2. The van der Waals surface area contributed by atoms with Crippen molar-refractivity contribution in [3.63, 3.8) is 0 Å². The van der Waals surface area contributed by atoms with Crippen LogP contribution in [0.2, 0.25) is 0 Å². The Morgan fingerprint density at radius 3 is 2.33 bits per heavy atom. The monoisotopic (exact) mass is 414 g/mol. The maximum Gasteiger partial charge on any atom is 0.251 e. The third-order valence-electron chi connectivity index (χ3n) is 5.80. The first-order valence-electron chi connectivity index (χ1n) is 10.2. The maximum atomic E-state index is 13.4. The Labute approximate surface area is 180 Å². The van der Waals surface area contributed by atoms with Crippen LogP contribution in [0.25, 0.3) is 0 Å². The Bertz CT molecular complexity index is 1100. The van der Waals surface area contributed by atoms with Crippen molar-refractivity contribution >= 4 is 29.3 Å². The minimum absolute atomic E-state index is 0.111. The predicted octanol–water partition coefficient (Wildman–Crippen LogP) is 4.53. The molecule has 0 aromatic heterocycles. The van der Waals surface area contributed by atoms with Crippen LogP contribution in [0, 0.1) is 0 Å². The highest BCUT2D eigenvalue weighted by Crippen LogP contribution is 2.38. The van der Waals surface area contributed by atoms with Crippen LogP contribution in [0.4, 0.5) is 5.69 Å². The van der Waals surface area contributed by atoms with Crippen LogP contribution in [-0.4, -0.2) is 29.3 Å². The van der Waals surface area contributed by atoms with Gasteiger partial charge in [-0.25, -0.2) is 4.90 Å². The average Bonchev–Trinajstić information content (AvgIpc) is 3.08. The zero-order chi connectivity index (χ0) is 20.5. The molecule has 0 bridgehead atoms. The van der Waals surface area contributed by atoms with Gasteiger partial charge < -0.3 is 0 Å². The van der Waals surface area contributed by atoms with E-state index in [1.165, 1.54) is 16.0 Å². The number of fused-ring (bicyclic) bond motifs is 1. The van der Waals surface area contributed by atoms with E-state index in [0.29, 0.717) is 12.2 Å². The Balaban J connectivity index is 1.41. The van der Waals surface area contributed by atoms with Crippen molar-refractivity contribution in [1.29, 1.82) is 0 Å². The van der Waals surface area contributed by atoms with Gasteiger partial charge in [-0.05, 0) is 41.8 Å². The fraction of sp³-hybridized carbons (Fsp3) is 0.200. The van der Waals surface area contributed by atoms with Gasteiger partial charge in [-0.1, -0.05) is 66.4 Å². The summed E-state index contributed by atoms with van der Waals surface area (Å²) in [6, 6.07) is 25.7. The van der Waals surface area contributed by atoms with Gasteiger partial charge in [0.05, 0.1) is 18.2 Å². The summed E-state index contributed by atoms with van der Waals surface area (Å²) < 4.78 is 0. The lowest BCUT2D eigenvalue weighted by Gasteiger charge is -2.32. The molecule has 0 radical (unpaired) electrons. The number of benzene rings is 3. The average molecular weight is 415 g/mol. The quantitative estimate of drug-likeness (QED) is 0.588. The third kappa shape index (κ3) is 3.55. The first-order valence-corrected chi connectivity index (χ1v) is 11.0. The number of imide groups is 1. The Hall–Kier alpha value is -2.89. The lowest BCUT2D eigenvalue weighted by molar-refractivity contribution is -0.123. The molecule has 5 heteroatoms. The molecule has 150 valence electrons. The molecule has 0 aliphatic carbocycles. The molecule has 30 heavy (non-hydrogen) atoms. The lowest BCUT2D eigenvalue weighted by atomic mass is 9.98. The SMILES string of the molecule is O=C1C[C@@H](N2CCc3ccccc3C2)C(=O)N1c1ccccc1Sc1ccccc1. The number of anilines is 1. The zero-order valence-electron chi connectivity index (χ0n) is 16.5. The molecule has 1 fully saturated rings. The Morgan fingerprint density at radius 1 is 0.800 bits per heavy atom. The van der Waals surface area contributed by atoms with E-state index in [-0.39, 0.29) is 24.3 Å². The molecule has 1 atom stereocenters. The van der Waals surface area contributed by atoms with Crippen molar-refractivity contribution in [2.24, 2.45) is 0 Å². The molecular weight excluding hydrogens is 392 g/mol. The molecule has 0 N–H and O–H groups in total. The number of hydrogen-bond donors (Lipinski definition) is 0. The van der Waals surface area contributed by atoms with Crippen molar-refractivity contribution < 1.29 is 9.59 Å². The van der Waals surface area contributed by atoms with Crippen molar-refractivity contribution in [3.8, 4) is 0 Å². The van der Waals surface area contributed by atoms with Gasteiger partial charge in [-0.15, -0.1) is 0 Å². The summed E-state index contributed by atoms with van der Waals surface area (Å²) in [6.07, 6.45) is 1.15. The first kappa shape index (κ1) is 19.1. The largest absolute Gasteiger partial charge is 0.287 e. The summed E-state index contributed by atoms with van der Waals surface area (Å²) >= 11 is 1.57. The Kier molecular flexibility index (Phi) is 5.15. The fourth-order valence-corrected chi connectivity index (χ4v) is 5.24. The van der Waals surface area contributed by atoms with Crippen molar-refractivity contribution in [1.82, 2.24) is 4.90 Å². The smallest absolute Gasteiger partial charge is 0.251 e. The number of rotatable bonds is 4. The van der Waals surface area contributed by atoms with Gasteiger partial charge in [-0.2, -0.15) is 0 Å². The maximum absolute atomic E-state index is 13.4. The number of amides is 2. The molecule has 3 aromatic carbocycles. The third-order valence-corrected chi connectivity index (χ3v) is 6.87. The summed E-state index contributed by atoms with van der Waals surface area (Å²) in [7, 11) is 0. The number of hydrogen-bond acceptors (Lipinski definition) is 4. The van der Waals surface area contributed by atoms with Crippen molar-refractivity contribution in [2.75, 3.05) is 11.4 Å². The van der Waals surface area contributed by atoms with Crippen LogP contribution in [0.15, 0.2) is 88.7 Å². The summed E-state index contributed by atoms with van der Waals surface area (Å²) in [6.45, 7) is 1.52. The van der Waals surface area contributed by atoms with Crippen molar-refractivity contribution in [3.05, 3.63) is 90.0 Å². The van der Waals surface area contributed by atoms with Crippen molar-refractivity contribution in [2.45, 2.75) is 35.2 Å². The summed E-state index contributed by atoms with van der Waals surface area (Å²) in [5.74, 6) is -0.231. The first-order chi connectivity index (χ1) is 14.7. The van der Waals surface area contributed by atoms with Crippen LogP contribution < -0.4 is 4.90 Å². The van der Waals surface area contributed by atoms with Gasteiger partial charge in [0.15, 0.2) is 0 Å². The number of para-hydroxylation sites is 1. The van der Waals surface area contributed by atoms with Crippen LogP contribution in [-0.2, 0) is 22.6 Å². The van der Waals surface area contributed by atoms with E-state index in [4.69, 9.17) is 0 Å². The van der Waals surface area contributed by atoms with Gasteiger partial charge in [0.1, 0.15) is 0 Å². The number of carbonyl (C=O) groups is 2. The highest BCUT2D eigenvalue weighted by Gasteiger charge is 2.44. The van der Waals surface area contributed by atoms with E-state index in [2.05, 4.69) is 23.1 Å². The molecule has 0 spiro atoms. The van der Waals surface area contributed by atoms with Crippen LogP contribution in [0.5, 0.6) is 0 Å². The molecule has 3 aromatic rings. The predicted molar refractivity (Wildman–Crippen MR) is 118 cm³/mol. The van der Waals surface area contributed by atoms with Crippen LogP contribution >= 0.6 is 11.8 Å². The van der Waals surface area contributed by atoms with Gasteiger partial charge in [0.2, 0.25) is 5.91 Å². The molecule has 4 nitrogen and oxygen atoms in total. The standard InChI is InChI=1S/C25H22N2O2S/c28-24-16-22(26-15-14-18-8-4-5-9-19(18)17-26)25(29)27(24)21-12-6-7-13-23(21)30-20-10-2-1-3-11-20/h1-13,22H,14-17H2/t22-/m1/s1. The van der Waals surface area contributed by atoms with Crippen LogP contribution in [0.3, 0.4) is 0 Å². The summed E-state index contributed by atoms with van der Waals surface area (Å²) in [4.78, 5) is 31.9. The van der Waals surface area contributed by atoms with E-state index in [1.807, 2.05) is 60.7 Å². The Morgan fingerprint density at radius 2 is 1.50 bits per heavy atom.